The highest BCUT2D eigenvalue weighted by molar-refractivity contribution is 7.99. The second kappa shape index (κ2) is 10.3. The van der Waals surface area contributed by atoms with Crippen LogP contribution in [0.5, 0.6) is 5.75 Å². The van der Waals surface area contributed by atoms with Crippen LogP contribution in [0, 0.1) is 0 Å². The summed E-state index contributed by atoms with van der Waals surface area (Å²) in [4.78, 5) is 16.8. The second-order valence-corrected chi connectivity index (χ2v) is 8.60. The summed E-state index contributed by atoms with van der Waals surface area (Å²) >= 11 is 1.34. The minimum atomic E-state index is -0.0946. The fraction of sp³-hybridized carbons (Fsp3) is 0.200. The van der Waals surface area contributed by atoms with Crippen molar-refractivity contribution in [2.75, 3.05) is 18.2 Å². The van der Waals surface area contributed by atoms with Crippen LogP contribution in [0.25, 0.3) is 17.1 Å². The Bertz CT molecular complexity index is 1220. The normalized spacial score (nSPS) is 10.9. The van der Waals surface area contributed by atoms with Gasteiger partial charge in [0, 0.05) is 29.3 Å². The van der Waals surface area contributed by atoms with E-state index in [0.717, 1.165) is 28.3 Å². The molecule has 2 heterocycles. The van der Waals surface area contributed by atoms with E-state index in [1.54, 1.807) is 19.5 Å². The van der Waals surface area contributed by atoms with Crippen LogP contribution >= 0.6 is 11.8 Å². The van der Waals surface area contributed by atoms with E-state index in [4.69, 9.17) is 4.74 Å². The summed E-state index contributed by atoms with van der Waals surface area (Å²) < 4.78 is 7.23. The van der Waals surface area contributed by atoms with Crippen LogP contribution in [0.15, 0.2) is 78.2 Å². The number of nitrogens with zero attached hydrogens (tertiary/aromatic N) is 4. The first-order chi connectivity index (χ1) is 16.1. The monoisotopic (exact) mass is 459 g/mol. The number of aromatic nitrogens is 4. The Morgan fingerprint density at radius 1 is 1.03 bits per heavy atom. The number of benzene rings is 2. The van der Waals surface area contributed by atoms with Crippen molar-refractivity contribution in [3.63, 3.8) is 0 Å². The third-order valence-corrected chi connectivity index (χ3v) is 6.02. The summed E-state index contributed by atoms with van der Waals surface area (Å²) in [5.41, 5.74) is 3.71. The summed E-state index contributed by atoms with van der Waals surface area (Å²) in [6.07, 6.45) is 3.43. The first kappa shape index (κ1) is 22.5. The SMILES string of the molecule is COc1ccc(-n2c(SCC(=O)Nc3ccccc3C(C)C)nnc2-c2ccncc2)cc1. The maximum atomic E-state index is 12.8. The number of carbonyl (C=O) groups is 1. The van der Waals surface area contributed by atoms with Crippen molar-refractivity contribution in [2.45, 2.75) is 24.9 Å². The molecule has 168 valence electrons. The predicted molar refractivity (Wildman–Crippen MR) is 131 cm³/mol. The van der Waals surface area contributed by atoms with E-state index in [1.807, 2.05) is 65.2 Å². The number of para-hydroxylation sites is 1. The van der Waals surface area contributed by atoms with Gasteiger partial charge in [0.05, 0.1) is 12.9 Å². The molecule has 1 N–H and O–H groups in total. The Morgan fingerprint density at radius 3 is 2.45 bits per heavy atom. The van der Waals surface area contributed by atoms with E-state index in [-0.39, 0.29) is 11.7 Å². The molecule has 0 spiro atoms. The first-order valence-electron chi connectivity index (χ1n) is 10.6. The largest absolute Gasteiger partial charge is 0.497 e. The Hall–Kier alpha value is -3.65. The van der Waals surface area contributed by atoms with E-state index >= 15 is 0 Å². The van der Waals surface area contributed by atoms with Crippen molar-refractivity contribution < 1.29 is 9.53 Å². The molecule has 1 amide bonds. The van der Waals surface area contributed by atoms with E-state index in [0.29, 0.717) is 16.9 Å². The van der Waals surface area contributed by atoms with Gasteiger partial charge in [-0.25, -0.2) is 0 Å². The van der Waals surface area contributed by atoms with Gasteiger partial charge in [-0.05, 0) is 53.9 Å². The quantitative estimate of drug-likeness (QED) is 0.365. The first-order valence-corrected chi connectivity index (χ1v) is 11.6. The van der Waals surface area contributed by atoms with Crippen molar-refractivity contribution in [2.24, 2.45) is 0 Å². The number of hydrogen-bond donors (Lipinski definition) is 1. The lowest BCUT2D eigenvalue weighted by atomic mass is 10.0. The number of methoxy groups -OCH3 is 1. The van der Waals surface area contributed by atoms with Crippen LogP contribution in [-0.2, 0) is 4.79 Å². The summed E-state index contributed by atoms with van der Waals surface area (Å²) in [6.45, 7) is 4.22. The molecule has 0 unspecified atom stereocenters. The molecule has 7 nitrogen and oxygen atoms in total. The number of ether oxygens (including phenoxy) is 1. The lowest BCUT2D eigenvalue weighted by molar-refractivity contribution is -0.113. The molecule has 0 fully saturated rings. The highest BCUT2D eigenvalue weighted by Crippen LogP contribution is 2.29. The van der Waals surface area contributed by atoms with Crippen LogP contribution in [0.1, 0.15) is 25.3 Å². The molecule has 2 aromatic heterocycles. The van der Waals surface area contributed by atoms with Crippen LogP contribution in [0.3, 0.4) is 0 Å². The number of amides is 1. The summed E-state index contributed by atoms with van der Waals surface area (Å²) in [6, 6.07) is 19.3. The van der Waals surface area contributed by atoms with Gasteiger partial charge in [0.25, 0.3) is 0 Å². The van der Waals surface area contributed by atoms with E-state index < -0.39 is 0 Å². The third kappa shape index (κ3) is 5.23. The molecular weight excluding hydrogens is 434 g/mol. The Morgan fingerprint density at radius 2 is 1.76 bits per heavy atom. The Balaban J connectivity index is 1.59. The van der Waals surface area contributed by atoms with Crippen LogP contribution in [0.4, 0.5) is 5.69 Å². The van der Waals surface area contributed by atoms with Gasteiger partial charge < -0.3 is 10.1 Å². The van der Waals surface area contributed by atoms with Gasteiger partial charge in [-0.2, -0.15) is 0 Å². The van der Waals surface area contributed by atoms with Crippen molar-refractivity contribution in [1.82, 2.24) is 19.7 Å². The Kier molecular flexibility index (Phi) is 7.04. The molecular formula is C25H25N5O2S. The molecule has 4 aromatic rings. The lowest BCUT2D eigenvalue weighted by Crippen LogP contribution is -2.16. The standard InChI is InChI=1S/C25H25N5O2S/c1-17(2)21-6-4-5-7-22(21)27-23(31)16-33-25-29-28-24(18-12-14-26-15-13-18)30(25)19-8-10-20(32-3)11-9-19/h4-15,17H,16H2,1-3H3,(H,27,31). The highest BCUT2D eigenvalue weighted by atomic mass is 32.2. The zero-order valence-corrected chi connectivity index (χ0v) is 19.5. The average molecular weight is 460 g/mol. The van der Waals surface area contributed by atoms with Crippen LogP contribution < -0.4 is 10.1 Å². The van der Waals surface area contributed by atoms with E-state index in [2.05, 4.69) is 34.3 Å². The highest BCUT2D eigenvalue weighted by Gasteiger charge is 2.18. The van der Waals surface area contributed by atoms with Gasteiger partial charge in [-0.1, -0.05) is 43.8 Å². The van der Waals surface area contributed by atoms with Gasteiger partial charge in [0.2, 0.25) is 5.91 Å². The van der Waals surface area contributed by atoms with Crippen molar-refractivity contribution in [3.05, 3.63) is 78.6 Å². The van der Waals surface area contributed by atoms with Gasteiger partial charge in [0.1, 0.15) is 5.75 Å². The predicted octanol–water partition coefficient (Wildman–Crippen LogP) is 5.19. The average Bonchev–Trinajstić information content (AvgIpc) is 3.27. The summed E-state index contributed by atoms with van der Waals surface area (Å²) in [5.74, 6) is 1.86. The van der Waals surface area contributed by atoms with Crippen LogP contribution in [-0.4, -0.2) is 38.5 Å². The minimum Gasteiger partial charge on any atom is -0.497 e. The molecule has 4 rings (SSSR count). The number of rotatable bonds is 8. The minimum absolute atomic E-state index is 0.0946. The maximum absolute atomic E-state index is 12.8. The van der Waals surface area contributed by atoms with Gasteiger partial charge in [0.15, 0.2) is 11.0 Å². The number of carbonyl (C=O) groups excluding carboxylic acids is 1. The van der Waals surface area contributed by atoms with Crippen molar-refractivity contribution >= 4 is 23.4 Å². The van der Waals surface area contributed by atoms with Gasteiger partial charge in [-0.15, -0.1) is 10.2 Å². The molecule has 0 aliphatic rings. The summed E-state index contributed by atoms with van der Waals surface area (Å²) in [7, 11) is 1.63. The number of thioether (sulfide) groups is 1. The van der Waals surface area contributed by atoms with E-state index in [9.17, 15) is 4.79 Å². The zero-order chi connectivity index (χ0) is 23.2. The Labute approximate surface area is 197 Å². The zero-order valence-electron chi connectivity index (χ0n) is 18.7. The topological polar surface area (TPSA) is 81.9 Å². The van der Waals surface area contributed by atoms with Gasteiger partial charge in [-0.3, -0.25) is 14.3 Å². The van der Waals surface area contributed by atoms with E-state index in [1.165, 1.54) is 11.8 Å². The molecule has 0 radical (unpaired) electrons. The molecule has 0 atom stereocenters. The molecule has 0 saturated carbocycles. The molecule has 0 saturated heterocycles. The molecule has 33 heavy (non-hydrogen) atoms. The van der Waals surface area contributed by atoms with Gasteiger partial charge >= 0.3 is 0 Å². The van der Waals surface area contributed by atoms with Crippen molar-refractivity contribution in [1.29, 1.82) is 0 Å². The molecule has 0 aliphatic heterocycles. The number of pyridine rings is 1. The molecule has 2 aromatic carbocycles. The number of nitrogens with one attached hydrogen (secondary N) is 1. The fourth-order valence-corrected chi connectivity index (χ4v) is 4.20. The summed E-state index contributed by atoms with van der Waals surface area (Å²) in [5, 5.41) is 12.4. The second-order valence-electron chi connectivity index (χ2n) is 7.65. The number of anilines is 1. The molecule has 0 bridgehead atoms. The number of hydrogen-bond acceptors (Lipinski definition) is 6. The molecule has 8 heteroatoms. The smallest absolute Gasteiger partial charge is 0.234 e. The fourth-order valence-electron chi connectivity index (χ4n) is 3.45. The molecule has 0 aliphatic carbocycles. The third-order valence-electron chi connectivity index (χ3n) is 5.09. The van der Waals surface area contributed by atoms with Crippen molar-refractivity contribution in [3.8, 4) is 22.8 Å². The maximum Gasteiger partial charge on any atom is 0.234 e. The van der Waals surface area contributed by atoms with Crippen LogP contribution in [0.2, 0.25) is 0 Å². The lowest BCUT2D eigenvalue weighted by Gasteiger charge is -2.14.